The first-order valence-electron chi connectivity index (χ1n) is 6.73. The van der Waals surface area contributed by atoms with E-state index < -0.39 is 0 Å². The van der Waals surface area contributed by atoms with E-state index in [1.165, 1.54) is 24.7 Å². The van der Waals surface area contributed by atoms with Crippen molar-refractivity contribution in [3.05, 3.63) is 76.5 Å². The number of nitrogens with one attached hydrogen (secondary N) is 1. The smallest absolute Gasteiger partial charge is 0.244 e. The summed E-state index contributed by atoms with van der Waals surface area (Å²) in [6.45, 7) is 0.294. The Morgan fingerprint density at radius 1 is 1.14 bits per heavy atom. The predicted molar refractivity (Wildman–Crippen MR) is 82.1 cm³/mol. The van der Waals surface area contributed by atoms with E-state index in [9.17, 15) is 9.59 Å². The molecule has 3 rings (SSSR count). The van der Waals surface area contributed by atoms with Crippen LogP contribution in [0.3, 0.4) is 0 Å². The van der Waals surface area contributed by atoms with Crippen molar-refractivity contribution < 1.29 is 13.6 Å². The van der Waals surface area contributed by atoms with Crippen LogP contribution >= 0.6 is 0 Å². The Morgan fingerprint density at radius 3 is 2.82 bits per heavy atom. The summed E-state index contributed by atoms with van der Waals surface area (Å²) >= 11 is 0. The number of benzene rings is 1. The molecule has 1 N–H and O–H groups in total. The highest BCUT2D eigenvalue weighted by Crippen LogP contribution is 2.11. The first-order chi connectivity index (χ1) is 10.7. The minimum absolute atomic E-state index is 0.170. The second-order valence-electron chi connectivity index (χ2n) is 4.65. The maximum atomic E-state index is 12.2. The Labute approximate surface area is 125 Å². The van der Waals surface area contributed by atoms with Crippen LogP contribution in [0, 0.1) is 0 Å². The molecule has 0 aliphatic rings. The van der Waals surface area contributed by atoms with E-state index >= 15 is 0 Å². The predicted octanol–water partition coefficient (Wildman–Crippen LogP) is 2.72. The lowest BCUT2D eigenvalue weighted by Gasteiger charge is -1.99. The molecule has 0 saturated heterocycles. The molecule has 5 nitrogen and oxygen atoms in total. The van der Waals surface area contributed by atoms with Gasteiger partial charge in [-0.3, -0.25) is 9.59 Å². The van der Waals surface area contributed by atoms with Gasteiger partial charge in [-0.05, 0) is 30.3 Å². The molecule has 0 fully saturated rings. The molecule has 0 saturated carbocycles. The summed E-state index contributed by atoms with van der Waals surface area (Å²) in [5.41, 5.74) is 0.677. The molecule has 1 aromatic carbocycles. The standard InChI is InChI=1S/C17H13NO4/c19-16(18-10-13-4-3-9-21-13)8-7-12-11-22-15-6-2-1-5-14(15)17(12)20/h1-9,11H,10H2,(H,18,19)/b8-7+. The molecule has 0 unspecified atom stereocenters. The molecule has 0 spiro atoms. The molecule has 0 aliphatic carbocycles. The lowest BCUT2D eigenvalue weighted by Crippen LogP contribution is -2.20. The van der Waals surface area contributed by atoms with Crippen LogP contribution in [0.1, 0.15) is 11.3 Å². The zero-order valence-corrected chi connectivity index (χ0v) is 11.6. The van der Waals surface area contributed by atoms with Crippen molar-refractivity contribution >= 4 is 23.0 Å². The molecule has 2 heterocycles. The highest BCUT2D eigenvalue weighted by molar-refractivity contribution is 5.92. The number of furan rings is 1. The summed E-state index contributed by atoms with van der Waals surface area (Å²) in [4.78, 5) is 23.9. The largest absolute Gasteiger partial charge is 0.467 e. The van der Waals surface area contributed by atoms with Crippen LogP contribution in [0.4, 0.5) is 0 Å². The van der Waals surface area contributed by atoms with Gasteiger partial charge in [0.1, 0.15) is 17.6 Å². The van der Waals surface area contributed by atoms with Gasteiger partial charge < -0.3 is 14.2 Å². The second kappa shape index (κ2) is 6.13. The van der Waals surface area contributed by atoms with E-state index in [-0.39, 0.29) is 11.3 Å². The van der Waals surface area contributed by atoms with Crippen molar-refractivity contribution in [3.8, 4) is 0 Å². The Balaban J connectivity index is 1.73. The Morgan fingerprint density at radius 2 is 2.00 bits per heavy atom. The fourth-order valence-electron chi connectivity index (χ4n) is 2.02. The van der Waals surface area contributed by atoms with Gasteiger partial charge in [0.2, 0.25) is 5.91 Å². The summed E-state index contributed by atoms with van der Waals surface area (Å²) in [5, 5.41) is 3.15. The van der Waals surface area contributed by atoms with Crippen LogP contribution in [0.25, 0.3) is 17.0 Å². The Kier molecular flexibility index (Phi) is 3.87. The minimum atomic E-state index is -0.316. The third kappa shape index (κ3) is 2.98. The van der Waals surface area contributed by atoms with E-state index in [1.54, 1.807) is 36.4 Å². The van der Waals surface area contributed by atoms with Crippen molar-refractivity contribution in [2.24, 2.45) is 0 Å². The SMILES string of the molecule is O=C(/C=C/c1coc2ccccc2c1=O)NCc1ccco1. The van der Waals surface area contributed by atoms with E-state index in [0.717, 1.165) is 0 Å². The van der Waals surface area contributed by atoms with Gasteiger partial charge in [-0.1, -0.05) is 12.1 Å². The molecule has 1 amide bonds. The normalized spacial score (nSPS) is 11.1. The van der Waals surface area contributed by atoms with Crippen LogP contribution in [0.5, 0.6) is 0 Å². The lowest BCUT2D eigenvalue weighted by atomic mass is 10.1. The van der Waals surface area contributed by atoms with Crippen LogP contribution in [-0.2, 0) is 11.3 Å². The zero-order chi connectivity index (χ0) is 15.4. The average molecular weight is 295 g/mol. The van der Waals surface area contributed by atoms with Gasteiger partial charge in [0.25, 0.3) is 0 Å². The summed E-state index contributed by atoms with van der Waals surface area (Å²) in [5.74, 6) is 0.343. The molecule has 2 aromatic heterocycles. The molecule has 22 heavy (non-hydrogen) atoms. The summed E-state index contributed by atoms with van der Waals surface area (Å²) in [6, 6.07) is 10.5. The maximum absolute atomic E-state index is 12.2. The summed E-state index contributed by atoms with van der Waals surface area (Å²) in [6.07, 6.45) is 5.62. The van der Waals surface area contributed by atoms with E-state index in [0.29, 0.717) is 28.8 Å². The molecule has 0 atom stereocenters. The van der Waals surface area contributed by atoms with Gasteiger partial charge in [-0.2, -0.15) is 0 Å². The number of hydrogen-bond acceptors (Lipinski definition) is 4. The molecule has 0 bridgehead atoms. The third-order valence-corrected chi connectivity index (χ3v) is 3.14. The molecular formula is C17H13NO4. The van der Waals surface area contributed by atoms with Gasteiger partial charge >= 0.3 is 0 Å². The number of carbonyl (C=O) groups is 1. The van der Waals surface area contributed by atoms with Crippen LogP contribution in [0.2, 0.25) is 0 Å². The fourth-order valence-corrected chi connectivity index (χ4v) is 2.02. The molecule has 3 aromatic rings. The van der Waals surface area contributed by atoms with Crippen molar-refractivity contribution in [2.75, 3.05) is 0 Å². The zero-order valence-electron chi connectivity index (χ0n) is 11.6. The quantitative estimate of drug-likeness (QED) is 0.751. The van der Waals surface area contributed by atoms with Gasteiger partial charge in [-0.15, -0.1) is 0 Å². The average Bonchev–Trinajstić information content (AvgIpc) is 3.06. The first kappa shape index (κ1) is 13.9. The van der Waals surface area contributed by atoms with Crippen LogP contribution in [0.15, 0.2) is 68.6 Å². The van der Waals surface area contributed by atoms with Crippen molar-refractivity contribution in [2.45, 2.75) is 6.54 Å². The Hall–Kier alpha value is -3.08. The Bertz CT molecular complexity index is 875. The van der Waals surface area contributed by atoms with Crippen molar-refractivity contribution in [3.63, 3.8) is 0 Å². The summed E-state index contributed by atoms with van der Waals surface area (Å²) < 4.78 is 10.5. The van der Waals surface area contributed by atoms with E-state index in [4.69, 9.17) is 8.83 Å². The van der Waals surface area contributed by atoms with E-state index in [2.05, 4.69) is 5.32 Å². The first-order valence-corrected chi connectivity index (χ1v) is 6.73. The monoisotopic (exact) mass is 295 g/mol. The maximum Gasteiger partial charge on any atom is 0.244 e. The minimum Gasteiger partial charge on any atom is -0.467 e. The summed E-state index contributed by atoms with van der Waals surface area (Å²) in [7, 11) is 0. The molecule has 0 radical (unpaired) electrons. The molecule has 110 valence electrons. The second-order valence-corrected chi connectivity index (χ2v) is 4.65. The highest BCUT2D eigenvalue weighted by Gasteiger charge is 2.04. The van der Waals surface area contributed by atoms with Gasteiger partial charge in [-0.25, -0.2) is 0 Å². The lowest BCUT2D eigenvalue weighted by molar-refractivity contribution is -0.116. The van der Waals surface area contributed by atoms with Gasteiger partial charge in [0.15, 0.2) is 5.43 Å². The van der Waals surface area contributed by atoms with Crippen LogP contribution in [-0.4, -0.2) is 5.91 Å². The highest BCUT2D eigenvalue weighted by atomic mass is 16.3. The molecule has 0 aliphatic heterocycles. The van der Waals surface area contributed by atoms with E-state index in [1.807, 2.05) is 0 Å². The van der Waals surface area contributed by atoms with Crippen LogP contribution < -0.4 is 10.7 Å². The van der Waals surface area contributed by atoms with Gasteiger partial charge in [0, 0.05) is 6.08 Å². The topological polar surface area (TPSA) is 72.5 Å². The van der Waals surface area contributed by atoms with Crippen molar-refractivity contribution in [1.29, 1.82) is 0 Å². The number of fused-ring (bicyclic) bond motifs is 1. The number of carbonyl (C=O) groups excluding carboxylic acids is 1. The number of para-hydroxylation sites is 1. The number of hydrogen-bond donors (Lipinski definition) is 1. The molecular weight excluding hydrogens is 282 g/mol. The number of amides is 1. The third-order valence-electron chi connectivity index (χ3n) is 3.14. The van der Waals surface area contributed by atoms with Gasteiger partial charge in [0.05, 0.1) is 23.8 Å². The molecule has 5 heteroatoms. The number of rotatable bonds is 4. The van der Waals surface area contributed by atoms with Crippen molar-refractivity contribution in [1.82, 2.24) is 5.32 Å². The fraction of sp³-hybridized carbons (Fsp3) is 0.0588.